The fourth-order valence-electron chi connectivity index (χ4n) is 2.13. The highest BCUT2D eigenvalue weighted by Gasteiger charge is 2.34. The number of nitrogens with two attached hydrogens (primary N) is 1. The number of carbonyl (C=O) groups is 1. The summed E-state index contributed by atoms with van der Waals surface area (Å²) < 4.78 is 0. The monoisotopic (exact) mass is 232 g/mol. The third-order valence-corrected chi connectivity index (χ3v) is 3.60. The summed E-state index contributed by atoms with van der Waals surface area (Å²) in [6.07, 6.45) is 3.30. The zero-order valence-corrected chi connectivity index (χ0v) is 10.5. The van der Waals surface area contributed by atoms with Gasteiger partial charge in [0.15, 0.2) is 0 Å². The molecule has 1 aromatic rings. The molecule has 1 unspecified atom stereocenters. The van der Waals surface area contributed by atoms with Crippen molar-refractivity contribution in [2.24, 2.45) is 5.73 Å². The number of hydrogen-bond acceptors (Lipinski definition) is 2. The van der Waals surface area contributed by atoms with Crippen molar-refractivity contribution in [3.63, 3.8) is 0 Å². The molecule has 0 aromatic heterocycles. The van der Waals surface area contributed by atoms with Gasteiger partial charge in [-0.3, -0.25) is 4.79 Å². The number of carbonyl (C=O) groups excluding carboxylic acids is 1. The molecule has 0 saturated heterocycles. The molecule has 0 spiro atoms. The zero-order valence-electron chi connectivity index (χ0n) is 10.5. The molecule has 1 aliphatic carbocycles. The molecule has 1 saturated carbocycles. The van der Waals surface area contributed by atoms with Gasteiger partial charge in [0.05, 0.1) is 0 Å². The fourth-order valence-corrected chi connectivity index (χ4v) is 2.13. The molecule has 0 aliphatic heterocycles. The third kappa shape index (κ3) is 2.67. The topological polar surface area (TPSA) is 55.1 Å². The minimum Gasteiger partial charge on any atom is -0.349 e. The number of amides is 1. The summed E-state index contributed by atoms with van der Waals surface area (Å²) in [7, 11) is 0. The van der Waals surface area contributed by atoms with Crippen molar-refractivity contribution in [3.05, 3.63) is 35.4 Å². The van der Waals surface area contributed by atoms with Gasteiger partial charge in [0, 0.05) is 5.54 Å². The summed E-state index contributed by atoms with van der Waals surface area (Å²) in [4.78, 5) is 12.0. The van der Waals surface area contributed by atoms with Crippen LogP contribution in [0.25, 0.3) is 0 Å². The second kappa shape index (κ2) is 4.49. The maximum absolute atomic E-state index is 12.0. The summed E-state index contributed by atoms with van der Waals surface area (Å²) in [5.41, 5.74) is 7.98. The maximum Gasteiger partial charge on any atom is 0.241 e. The Morgan fingerprint density at radius 3 is 2.41 bits per heavy atom. The van der Waals surface area contributed by atoms with Crippen LogP contribution in [0, 0.1) is 6.92 Å². The Morgan fingerprint density at radius 2 is 1.94 bits per heavy atom. The number of rotatable bonds is 3. The van der Waals surface area contributed by atoms with E-state index in [9.17, 15) is 4.79 Å². The van der Waals surface area contributed by atoms with E-state index in [1.807, 2.05) is 31.2 Å². The van der Waals surface area contributed by atoms with Crippen LogP contribution in [0.4, 0.5) is 0 Å². The standard InChI is InChI=1S/C14H20N2O/c1-10-4-6-11(7-5-10)12(15)13(17)16-14(2)8-3-9-14/h4-7,12H,3,8-9,15H2,1-2H3,(H,16,17). The van der Waals surface area contributed by atoms with Crippen molar-refractivity contribution in [2.45, 2.75) is 44.7 Å². The van der Waals surface area contributed by atoms with Gasteiger partial charge >= 0.3 is 0 Å². The molecule has 92 valence electrons. The fraction of sp³-hybridized carbons (Fsp3) is 0.500. The van der Waals surface area contributed by atoms with Crippen LogP contribution in [-0.4, -0.2) is 11.4 Å². The van der Waals surface area contributed by atoms with Gasteiger partial charge in [-0.25, -0.2) is 0 Å². The van der Waals surface area contributed by atoms with Crippen molar-refractivity contribution in [1.29, 1.82) is 0 Å². The number of benzene rings is 1. The van der Waals surface area contributed by atoms with Gasteiger partial charge in [-0.1, -0.05) is 29.8 Å². The summed E-state index contributed by atoms with van der Waals surface area (Å²) >= 11 is 0. The lowest BCUT2D eigenvalue weighted by Gasteiger charge is -2.39. The normalized spacial score (nSPS) is 19.2. The van der Waals surface area contributed by atoms with Crippen molar-refractivity contribution in [1.82, 2.24) is 5.32 Å². The molecule has 3 N–H and O–H groups in total. The van der Waals surface area contributed by atoms with Crippen LogP contribution in [0.3, 0.4) is 0 Å². The zero-order chi connectivity index (χ0) is 12.5. The molecule has 0 heterocycles. The molecule has 1 amide bonds. The Balaban J connectivity index is 2.01. The average Bonchev–Trinajstić information content (AvgIpc) is 2.27. The molecule has 1 aliphatic rings. The average molecular weight is 232 g/mol. The SMILES string of the molecule is Cc1ccc(C(N)C(=O)NC2(C)CCC2)cc1. The first-order valence-corrected chi connectivity index (χ1v) is 6.14. The Bertz CT molecular complexity index is 407. The largest absolute Gasteiger partial charge is 0.349 e. The maximum atomic E-state index is 12.0. The second-order valence-corrected chi connectivity index (χ2v) is 5.29. The first-order valence-electron chi connectivity index (χ1n) is 6.14. The van der Waals surface area contributed by atoms with Crippen LogP contribution < -0.4 is 11.1 Å². The first-order chi connectivity index (χ1) is 8.00. The number of aryl methyl sites for hydroxylation is 1. The molecule has 3 nitrogen and oxygen atoms in total. The van der Waals surface area contributed by atoms with Crippen LogP contribution in [-0.2, 0) is 4.79 Å². The molecular weight excluding hydrogens is 212 g/mol. The predicted molar refractivity (Wildman–Crippen MR) is 68.5 cm³/mol. The van der Waals surface area contributed by atoms with E-state index >= 15 is 0 Å². The van der Waals surface area contributed by atoms with Crippen molar-refractivity contribution in [2.75, 3.05) is 0 Å². The summed E-state index contributed by atoms with van der Waals surface area (Å²) in [6.45, 7) is 4.10. The van der Waals surface area contributed by atoms with Crippen molar-refractivity contribution >= 4 is 5.91 Å². The highest BCUT2D eigenvalue weighted by molar-refractivity contribution is 5.83. The highest BCUT2D eigenvalue weighted by atomic mass is 16.2. The van der Waals surface area contributed by atoms with Gasteiger partial charge in [-0.05, 0) is 38.7 Å². The lowest BCUT2D eigenvalue weighted by atomic mass is 9.78. The van der Waals surface area contributed by atoms with E-state index in [2.05, 4.69) is 12.2 Å². The minimum atomic E-state index is -0.562. The number of hydrogen-bond donors (Lipinski definition) is 2. The van der Waals surface area contributed by atoms with E-state index in [1.54, 1.807) is 0 Å². The van der Waals surface area contributed by atoms with E-state index in [0.29, 0.717) is 0 Å². The van der Waals surface area contributed by atoms with Gasteiger partial charge in [-0.2, -0.15) is 0 Å². The van der Waals surface area contributed by atoms with Crippen LogP contribution in [0.2, 0.25) is 0 Å². The second-order valence-electron chi connectivity index (χ2n) is 5.29. The van der Waals surface area contributed by atoms with E-state index < -0.39 is 6.04 Å². The quantitative estimate of drug-likeness (QED) is 0.838. The number of nitrogens with one attached hydrogen (secondary N) is 1. The smallest absolute Gasteiger partial charge is 0.241 e. The van der Waals surface area contributed by atoms with Crippen LogP contribution in [0.1, 0.15) is 43.4 Å². The van der Waals surface area contributed by atoms with Gasteiger partial charge in [0.25, 0.3) is 0 Å². The Kier molecular flexibility index (Phi) is 3.20. The van der Waals surface area contributed by atoms with Crippen LogP contribution in [0.5, 0.6) is 0 Å². The summed E-state index contributed by atoms with van der Waals surface area (Å²) in [6, 6.07) is 7.24. The van der Waals surface area contributed by atoms with Crippen molar-refractivity contribution in [3.8, 4) is 0 Å². The molecule has 17 heavy (non-hydrogen) atoms. The molecular formula is C14H20N2O. The molecule has 1 atom stereocenters. The first kappa shape index (κ1) is 12.1. The highest BCUT2D eigenvalue weighted by Crippen LogP contribution is 2.31. The van der Waals surface area contributed by atoms with E-state index in [1.165, 1.54) is 12.0 Å². The molecule has 0 radical (unpaired) electrons. The predicted octanol–water partition coefficient (Wildman–Crippen LogP) is 2.05. The molecule has 3 heteroatoms. The molecule has 1 fully saturated rings. The lowest BCUT2D eigenvalue weighted by Crippen LogP contribution is -2.53. The molecule has 1 aromatic carbocycles. The Morgan fingerprint density at radius 1 is 1.35 bits per heavy atom. The van der Waals surface area contributed by atoms with Gasteiger partial charge in [0.1, 0.15) is 6.04 Å². The Hall–Kier alpha value is -1.35. The van der Waals surface area contributed by atoms with Crippen molar-refractivity contribution < 1.29 is 4.79 Å². The third-order valence-electron chi connectivity index (χ3n) is 3.60. The van der Waals surface area contributed by atoms with E-state index in [0.717, 1.165) is 18.4 Å². The molecule has 2 rings (SSSR count). The van der Waals surface area contributed by atoms with E-state index in [4.69, 9.17) is 5.73 Å². The van der Waals surface area contributed by atoms with Crippen LogP contribution in [0.15, 0.2) is 24.3 Å². The van der Waals surface area contributed by atoms with E-state index in [-0.39, 0.29) is 11.4 Å². The van der Waals surface area contributed by atoms with Gasteiger partial charge in [0.2, 0.25) is 5.91 Å². The van der Waals surface area contributed by atoms with Gasteiger partial charge < -0.3 is 11.1 Å². The van der Waals surface area contributed by atoms with Crippen LogP contribution >= 0.6 is 0 Å². The van der Waals surface area contributed by atoms with Gasteiger partial charge in [-0.15, -0.1) is 0 Å². The summed E-state index contributed by atoms with van der Waals surface area (Å²) in [5.74, 6) is -0.0731. The summed E-state index contributed by atoms with van der Waals surface area (Å²) in [5, 5.41) is 3.04. The minimum absolute atomic E-state index is 0.0284. The lowest BCUT2D eigenvalue weighted by molar-refractivity contribution is -0.125. The Labute approximate surface area is 102 Å². The molecule has 0 bridgehead atoms.